The van der Waals surface area contributed by atoms with Crippen molar-refractivity contribution in [3.63, 3.8) is 0 Å². The largest absolute Gasteiger partial charge is 0.353 e. The molecule has 1 atom stereocenters. The summed E-state index contributed by atoms with van der Waals surface area (Å²) in [6.45, 7) is 6.28. The number of rotatable bonds is 6. The molecule has 1 aromatic rings. The Morgan fingerprint density at radius 3 is 2.12 bits per heavy atom. The molecule has 1 aromatic carbocycles. The molecule has 94 valence electrons. The molecule has 0 saturated carbocycles. The molecule has 1 N–H and O–H groups in total. The Bertz CT molecular complexity index is 330. The van der Waals surface area contributed by atoms with Crippen molar-refractivity contribution in [2.45, 2.75) is 52.0 Å². The molecule has 0 spiro atoms. The fourth-order valence-corrected chi connectivity index (χ4v) is 2.05. The van der Waals surface area contributed by atoms with Crippen LogP contribution in [0.2, 0.25) is 0 Å². The van der Waals surface area contributed by atoms with Gasteiger partial charge in [-0.05, 0) is 24.8 Å². The molecule has 1 rings (SSSR count). The SMILES string of the molecule is CCC(CC)NC(=O)[C@@H](CC)c1ccccc1. The maximum Gasteiger partial charge on any atom is 0.227 e. The van der Waals surface area contributed by atoms with Gasteiger partial charge in [-0.15, -0.1) is 0 Å². The predicted molar refractivity (Wildman–Crippen MR) is 72.0 cm³/mol. The third-order valence-electron chi connectivity index (χ3n) is 3.26. The normalized spacial score (nSPS) is 12.5. The van der Waals surface area contributed by atoms with Crippen LogP contribution in [0.4, 0.5) is 0 Å². The lowest BCUT2D eigenvalue weighted by Gasteiger charge is -2.20. The monoisotopic (exact) mass is 233 g/mol. The van der Waals surface area contributed by atoms with Crippen LogP contribution < -0.4 is 5.32 Å². The summed E-state index contributed by atoms with van der Waals surface area (Å²) in [6, 6.07) is 10.3. The summed E-state index contributed by atoms with van der Waals surface area (Å²) in [7, 11) is 0. The standard InChI is InChI=1S/C15H23NO/c1-4-13(5-2)16-15(17)14(6-3)12-10-8-7-9-11-12/h7-11,13-14H,4-6H2,1-3H3,(H,16,17)/t14-/m0/s1. The molecule has 0 aliphatic heterocycles. The van der Waals surface area contributed by atoms with Crippen molar-refractivity contribution in [2.75, 3.05) is 0 Å². The van der Waals surface area contributed by atoms with Crippen molar-refractivity contribution < 1.29 is 4.79 Å². The molecule has 0 heterocycles. The average Bonchev–Trinajstić information content (AvgIpc) is 2.38. The molecule has 0 unspecified atom stereocenters. The van der Waals surface area contributed by atoms with Gasteiger partial charge in [0.25, 0.3) is 0 Å². The van der Waals surface area contributed by atoms with Gasteiger partial charge in [-0.25, -0.2) is 0 Å². The smallest absolute Gasteiger partial charge is 0.227 e. The Morgan fingerprint density at radius 2 is 1.65 bits per heavy atom. The van der Waals surface area contributed by atoms with E-state index in [1.54, 1.807) is 0 Å². The van der Waals surface area contributed by atoms with Crippen LogP contribution >= 0.6 is 0 Å². The number of carbonyl (C=O) groups is 1. The van der Waals surface area contributed by atoms with Crippen LogP contribution in [0, 0.1) is 0 Å². The zero-order valence-corrected chi connectivity index (χ0v) is 11.1. The fourth-order valence-electron chi connectivity index (χ4n) is 2.05. The van der Waals surface area contributed by atoms with Crippen LogP contribution in [0.5, 0.6) is 0 Å². The van der Waals surface area contributed by atoms with Crippen LogP contribution in [0.15, 0.2) is 30.3 Å². The predicted octanol–water partition coefficient (Wildman–Crippen LogP) is 3.49. The van der Waals surface area contributed by atoms with Gasteiger partial charge in [-0.3, -0.25) is 4.79 Å². The maximum atomic E-state index is 12.2. The number of hydrogen-bond acceptors (Lipinski definition) is 1. The second kappa shape index (κ2) is 7.10. The van der Waals surface area contributed by atoms with E-state index < -0.39 is 0 Å². The van der Waals surface area contributed by atoms with E-state index >= 15 is 0 Å². The van der Waals surface area contributed by atoms with Gasteiger partial charge in [-0.1, -0.05) is 51.1 Å². The minimum absolute atomic E-state index is 0.0169. The maximum absolute atomic E-state index is 12.2. The Morgan fingerprint density at radius 1 is 1.06 bits per heavy atom. The molecule has 2 nitrogen and oxygen atoms in total. The van der Waals surface area contributed by atoms with Crippen molar-refractivity contribution >= 4 is 5.91 Å². The number of carbonyl (C=O) groups excluding carboxylic acids is 1. The molecule has 0 radical (unpaired) electrons. The zero-order valence-electron chi connectivity index (χ0n) is 11.1. The third-order valence-corrected chi connectivity index (χ3v) is 3.26. The Kier molecular flexibility index (Phi) is 5.75. The number of amides is 1. The molecule has 17 heavy (non-hydrogen) atoms. The van der Waals surface area contributed by atoms with E-state index in [1.807, 2.05) is 30.3 Å². The highest BCUT2D eigenvalue weighted by atomic mass is 16.1. The minimum Gasteiger partial charge on any atom is -0.353 e. The number of nitrogens with one attached hydrogen (secondary N) is 1. The quantitative estimate of drug-likeness (QED) is 0.800. The van der Waals surface area contributed by atoms with Gasteiger partial charge >= 0.3 is 0 Å². The van der Waals surface area contributed by atoms with E-state index in [1.165, 1.54) is 0 Å². The molecule has 0 aromatic heterocycles. The van der Waals surface area contributed by atoms with E-state index in [2.05, 4.69) is 26.1 Å². The van der Waals surface area contributed by atoms with Crippen molar-refractivity contribution in [1.82, 2.24) is 5.32 Å². The van der Waals surface area contributed by atoms with Crippen molar-refractivity contribution in [3.8, 4) is 0 Å². The summed E-state index contributed by atoms with van der Waals surface area (Å²) >= 11 is 0. The van der Waals surface area contributed by atoms with Gasteiger partial charge in [0.1, 0.15) is 0 Å². The van der Waals surface area contributed by atoms with Crippen LogP contribution in [0.3, 0.4) is 0 Å². The molecule has 0 fully saturated rings. The van der Waals surface area contributed by atoms with Gasteiger partial charge in [0.2, 0.25) is 5.91 Å². The first-order valence-electron chi connectivity index (χ1n) is 6.58. The van der Waals surface area contributed by atoms with E-state index in [0.717, 1.165) is 24.8 Å². The van der Waals surface area contributed by atoms with E-state index in [9.17, 15) is 4.79 Å². The van der Waals surface area contributed by atoms with E-state index in [-0.39, 0.29) is 11.8 Å². The van der Waals surface area contributed by atoms with E-state index in [4.69, 9.17) is 0 Å². The second-order valence-electron chi connectivity index (χ2n) is 4.39. The third kappa shape index (κ3) is 3.88. The highest BCUT2D eigenvalue weighted by Gasteiger charge is 2.19. The molecular formula is C15H23NO. The zero-order chi connectivity index (χ0) is 12.7. The fraction of sp³-hybridized carbons (Fsp3) is 0.533. The molecular weight excluding hydrogens is 210 g/mol. The summed E-state index contributed by atoms with van der Waals surface area (Å²) in [5, 5.41) is 3.13. The summed E-state index contributed by atoms with van der Waals surface area (Å²) in [4.78, 5) is 12.2. The van der Waals surface area contributed by atoms with Gasteiger partial charge in [0.15, 0.2) is 0 Å². The molecule has 0 aliphatic rings. The van der Waals surface area contributed by atoms with Gasteiger partial charge in [0.05, 0.1) is 5.92 Å². The number of benzene rings is 1. The van der Waals surface area contributed by atoms with Crippen LogP contribution in [-0.2, 0) is 4.79 Å². The van der Waals surface area contributed by atoms with Crippen molar-refractivity contribution in [1.29, 1.82) is 0 Å². The minimum atomic E-state index is -0.0169. The Hall–Kier alpha value is -1.31. The summed E-state index contributed by atoms with van der Waals surface area (Å²) in [5.41, 5.74) is 1.11. The first-order chi connectivity index (χ1) is 8.22. The summed E-state index contributed by atoms with van der Waals surface area (Å²) in [5.74, 6) is 0.143. The lowest BCUT2D eigenvalue weighted by atomic mass is 9.95. The summed E-state index contributed by atoms with van der Waals surface area (Å²) < 4.78 is 0. The lowest BCUT2D eigenvalue weighted by molar-refractivity contribution is -0.123. The van der Waals surface area contributed by atoms with Crippen LogP contribution in [0.25, 0.3) is 0 Å². The molecule has 0 saturated heterocycles. The average molecular weight is 233 g/mol. The van der Waals surface area contributed by atoms with Gasteiger partial charge in [-0.2, -0.15) is 0 Å². The van der Waals surface area contributed by atoms with Gasteiger partial charge < -0.3 is 5.32 Å². The molecule has 0 bridgehead atoms. The highest BCUT2D eigenvalue weighted by Crippen LogP contribution is 2.19. The van der Waals surface area contributed by atoms with Crippen molar-refractivity contribution in [2.24, 2.45) is 0 Å². The van der Waals surface area contributed by atoms with Gasteiger partial charge in [0, 0.05) is 6.04 Å². The molecule has 2 heteroatoms. The Labute approximate surface area is 104 Å². The lowest BCUT2D eigenvalue weighted by Crippen LogP contribution is -2.37. The van der Waals surface area contributed by atoms with Crippen molar-refractivity contribution in [3.05, 3.63) is 35.9 Å². The molecule has 1 amide bonds. The number of hydrogen-bond donors (Lipinski definition) is 1. The topological polar surface area (TPSA) is 29.1 Å². The first-order valence-corrected chi connectivity index (χ1v) is 6.58. The Balaban J connectivity index is 2.71. The molecule has 0 aliphatic carbocycles. The second-order valence-corrected chi connectivity index (χ2v) is 4.39. The van der Waals surface area contributed by atoms with E-state index in [0.29, 0.717) is 6.04 Å². The summed E-state index contributed by atoms with van der Waals surface area (Å²) in [6.07, 6.45) is 2.83. The van der Waals surface area contributed by atoms with Crippen LogP contribution in [0.1, 0.15) is 51.5 Å². The van der Waals surface area contributed by atoms with Crippen LogP contribution in [-0.4, -0.2) is 11.9 Å². The highest BCUT2D eigenvalue weighted by molar-refractivity contribution is 5.83. The first kappa shape index (κ1) is 13.8.